The van der Waals surface area contributed by atoms with Crippen molar-refractivity contribution in [3.8, 4) is 0 Å². The Morgan fingerprint density at radius 2 is 1.73 bits per heavy atom. The third-order valence-corrected chi connectivity index (χ3v) is 5.79. The highest BCUT2D eigenvalue weighted by atomic mass is 32.1. The zero-order chi connectivity index (χ0) is 14.9. The van der Waals surface area contributed by atoms with Crippen LogP contribution in [-0.2, 0) is 4.74 Å². The summed E-state index contributed by atoms with van der Waals surface area (Å²) in [6.07, 6.45) is 1.36. The van der Waals surface area contributed by atoms with Gasteiger partial charge in [-0.1, -0.05) is 12.1 Å². The van der Waals surface area contributed by atoms with Crippen LogP contribution >= 0.6 is 22.7 Å². The highest BCUT2D eigenvalue weighted by Crippen LogP contribution is 2.37. The lowest BCUT2D eigenvalue weighted by atomic mass is 9.94. The van der Waals surface area contributed by atoms with Crippen LogP contribution in [0, 0.1) is 0 Å². The molecule has 1 fully saturated rings. The van der Waals surface area contributed by atoms with E-state index in [0.717, 1.165) is 24.0 Å². The first-order valence-corrected chi connectivity index (χ1v) is 8.99. The Morgan fingerprint density at radius 1 is 1.14 bits per heavy atom. The number of quaternary nitrogens is 1. The molecule has 0 bridgehead atoms. The van der Waals surface area contributed by atoms with Gasteiger partial charge < -0.3 is 14.7 Å². The van der Waals surface area contributed by atoms with Crippen LogP contribution in [0.15, 0.2) is 40.6 Å². The van der Waals surface area contributed by atoms with Crippen molar-refractivity contribution in [2.75, 3.05) is 34.3 Å². The summed E-state index contributed by atoms with van der Waals surface area (Å²) >= 11 is 3.67. The van der Waals surface area contributed by atoms with Crippen LogP contribution in [0.3, 0.4) is 0 Å². The fourth-order valence-corrected chi connectivity index (χ4v) is 4.92. The quantitative estimate of drug-likeness (QED) is 0.796. The standard InChI is InChI=1S/C17H22NOS2.H2O/c1-18(2)11-13(10-14(12-18)19-3)17(15-6-4-8-20-15)16-7-5-9-21-16;/h4-9,14H,10-12H2,1-3H3;1H2/q+1;/p-1. The molecule has 1 N–H and O–H groups in total. The molecule has 1 unspecified atom stereocenters. The second-order valence-corrected chi connectivity index (χ2v) is 8.17. The average Bonchev–Trinajstić information content (AvgIpc) is 3.11. The van der Waals surface area contributed by atoms with Gasteiger partial charge in [-0.05, 0) is 28.5 Å². The molecule has 3 rings (SSSR count). The fourth-order valence-electron chi connectivity index (χ4n) is 3.19. The first-order valence-electron chi connectivity index (χ1n) is 7.23. The average molecular weight is 338 g/mol. The van der Waals surface area contributed by atoms with Crippen LogP contribution in [0.5, 0.6) is 0 Å². The molecule has 1 saturated heterocycles. The van der Waals surface area contributed by atoms with E-state index in [2.05, 4.69) is 49.1 Å². The SMILES string of the molecule is COC1CC(=C(c2cccs2)c2cccs2)C[N+](C)(C)C1.[OH-]. The Bertz CT molecular complexity index is 579. The minimum absolute atomic E-state index is 0. The molecular formula is C17H23NO2S2. The molecule has 1 aliphatic heterocycles. The number of hydrogen-bond donors (Lipinski definition) is 0. The Balaban J connectivity index is 0.00000176. The zero-order valence-corrected chi connectivity index (χ0v) is 14.9. The van der Waals surface area contributed by atoms with Gasteiger partial charge in [0.05, 0.1) is 14.1 Å². The number of hydrogen-bond acceptors (Lipinski definition) is 4. The van der Waals surface area contributed by atoms with E-state index in [-0.39, 0.29) is 5.48 Å². The fraction of sp³-hybridized carbons (Fsp3) is 0.412. The van der Waals surface area contributed by atoms with Gasteiger partial charge in [0.25, 0.3) is 0 Å². The molecule has 2 aromatic rings. The molecule has 120 valence electrons. The summed E-state index contributed by atoms with van der Waals surface area (Å²) in [5, 5.41) is 4.33. The minimum Gasteiger partial charge on any atom is -0.870 e. The number of thiophene rings is 2. The van der Waals surface area contributed by atoms with E-state index >= 15 is 0 Å². The van der Waals surface area contributed by atoms with Crippen LogP contribution in [-0.4, -0.2) is 50.4 Å². The summed E-state index contributed by atoms with van der Waals surface area (Å²) in [6, 6.07) is 8.77. The van der Waals surface area contributed by atoms with Crippen molar-refractivity contribution in [1.82, 2.24) is 0 Å². The van der Waals surface area contributed by atoms with Crippen LogP contribution in [0.25, 0.3) is 5.57 Å². The van der Waals surface area contributed by atoms with Gasteiger partial charge in [-0.25, -0.2) is 0 Å². The van der Waals surface area contributed by atoms with E-state index in [1.807, 2.05) is 29.8 Å². The number of likely N-dealkylation sites (N-methyl/N-ethyl adjacent to an activating group) is 1. The molecular weight excluding hydrogens is 314 g/mol. The van der Waals surface area contributed by atoms with Gasteiger partial charge >= 0.3 is 0 Å². The van der Waals surface area contributed by atoms with E-state index < -0.39 is 0 Å². The predicted molar refractivity (Wildman–Crippen MR) is 93.9 cm³/mol. The highest BCUT2D eigenvalue weighted by molar-refractivity contribution is 7.13. The third-order valence-electron chi connectivity index (χ3n) is 4.01. The van der Waals surface area contributed by atoms with Crippen LogP contribution in [0.1, 0.15) is 16.2 Å². The molecule has 0 aromatic carbocycles. The van der Waals surface area contributed by atoms with Gasteiger partial charge in [0.15, 0.2) is 0 Å². The van der Waals surface area contributed by atoms with Crippen molar-refractivity contribution in [2.24, 2.45) is 0 Å². The molecule has 0 spiro atoms. The predicted octanol–water partition coefficient (Wildman–Crippen LogP) is 3.93. The Labute approximate surface area is 140 Å². The Hall–Kier alpha value is -0.980. The van der Waals surface area contributed by atoms with E-state index in [0.29, 0.717) is 6.10 Å². The molecule has 0 aliphatic carbocycles. The van der Waals surface area contributed by atoms with Crippen molar-refractivity contribution >= 4 is 28.2 Å². The van der Waals surface area contributed by atoms with Gasteiger partial charge in [0.1, 0.15) is 19.2 Å². The molecule has 0 saturated carbocycles. The van der Waals surface area contributed by atoms with Gasteiger partial charge in [-0.15, -0.1) is 22.7 Å². The number of likely N-dealkylation sites (tertiary alicyclic amines) is 1. The third kappa shape index (κ3) is 3.67. The lowest BCUT2D eigenvalue weighted by Crippen LogP contribution is -2.51. The van der Waals surface area contributed by atoms with Crippen LogP contribution in [0.4, 0.5) is 0 Å². The lowest BCUT2D eigenvalue weighted by Gasteiger charge is -2.39. The largest absolute Gasteiger partial charge is 0.870 e. The monoisotopic (exact) mass is 337 g/mol. The summed E-state index contributed by atoms with van der Waals surface area (Å²) in [6.45, 7) is 2.19. The van der Waals surface area contributed by atoms with Crippen LogP contribution in [0.2, 0.25) is 0 Å². The van der Waals surface area contributed by atoms with Crippen molar-refractivity contribution in [2.45, 2.75) is 12.5 Å². The molecule has 5 heteroatoms. The van der Waals surface area contributed by atoms with Crippen LogP contribution < -0.4 is 0 Å². The highest BCUT2D eigenvalue weighted by Gasteiger charge is 2.33. The summed E-state index contributed by atoms with van der Waals surface area (Å²) in [7, 11) is 6.43. The summed E-state index contributed by atoms with van der Waals surface area (Å²) in [5.41, 5.74) is 2.97. The maximum absolute atomic E-state index is 5.70. The normalized spacial score (nSPS) is 20.5. The van der Waals surface area contributed by atoms with E-state index in [9.17, 15) is 0 Å². The summed E-state index contributed by atoms with van der Waals surface area (Å²) in [5.74, 6) is 0. The molecule has 1 aliphatic rings. The zero-order valence-electron chi connectivity index (χ0n) is 13.3. The van der Waals surface area contributed by atoms with E-state index in [1.165, 1.54) is 20.9 Å². The molecule has 1 atom stereocenters. The Kier molecular flexibility index (Phi) is 5.58. The Morgan fingerprint density at radius 3 is 2.18 bits per heavy atom. The number of nitrogens with zero attached hydrogens (tertiary/aromatic N) is 1. The number of methoxy groups -OCH3 is 1. The first kappa shape index (κ1) is 17.4. The van der Waals surface area contributed by atoms with Gasteiger partial charge in [-0.2, -0.15) is 0 Å². The second kappa shape index (κ2) is 7.06. The lowest BCUT2D eigenvalue weighted by molar-refractivity contribution is -0.892. The van der Waals surface area contributed by atoms with Crippen molar-refractivity contribution < 1.29 is 14.7 Å². The van der Waals surface area contributed by atoms with E-state index in [4.69, 9.17) is 4.74 Å². The van der Waals surface area contributed by atoms with Gasteiger partial charge in [-0.3, -0.25) is 0 Å². The molecule has 3 heterocycles. The topological polar surface area (TPSA) is 39.2 Å². The first-order chi connectivity index (χ1) is 10.1. The number of ether oxygens (including phenoxy) is 1. The smallest absolute Gasteiger partial charge is 0.110 e. The minimum atomic E-state index is 0. The molecule has 0 amide bonds. The molecule has 0 radical (unpaired) electrons. The van der Waals surface area contributed by atoms with Crippen molar-refractivity contribution in [3.63, 3.8) is 0 Å². The van der Waals surface area contributed by atoms with E-state index in [1.54, 1.807) is 0 Å². The maximum Gasteiger partial charge on any atom is 0.110 e. The molecule has 3 nitrogen and oxygen atoms in total. The maximum atomic E-state index is 5.70. The number of rotatable bonds is 3. The summed E-state index contributed by atoms with van der Waals surface area (Å²) in [4.78, 5) is 2.76. The van der Waals surface area contributed by atoms with Crippen molar-refractivity contribution in [1.29, 1.82) is 0 Å². The molecule has 22 heavy (non-hydrogen) atoms. The van der Waals surface area contributed by atoms with Gasteiger partial charge in [0, 0.05) is 28.9 Å². The second-order valence-electron chi connectivity index (χ2n) is 6.27. The van der Waals surface area contributed by atoms with Crippen molar-refractivity contribution in [3.05, 3.63) is 50.4 Å². The van der Waals surface area contributed by atoms with Gasteiger partial charge in [0.2, 0.25) is 0 Å². The molecule has 2 aromatic heterocycles. The number of piperidine rings is 1. The summed E-state index contributed by atoms with van der Waals surface area (Å²) < 4.78 is 6.69.